The van der Waals surface area contributed by atoms with E-state index in [2.05, 4.69) is 17.6 Å². The summed E-state index contributed by atoms with van der Waals surface area (Å²) < 4.78 is 19.3. The van der Waals surface area contributed by atoms with E-state index in [1.165, 1.54) is 6.07 Å². The fourth-order valence-corrected chi connectivity index (χ4v) is 1.81. The fraction of sp³-hybridized carbons (Fsp3) is 0.562. The minimum Gasteiger partial charge on any atom is -0.478 e. The molecule has 0 aliphatic heterocycles. The van der Waals surface area contributed by atoms with Crippen LogP contribution in [0.1, 0.15) is 39.7 Å². The maximum Gasteiger partial charge on any atom is 0.260 e. The van der Waals surface area contributed by atoms with Crippen LogP contribution in [0.2, 0.25) is 0 Å². The number of nitrogens with one attached hydrogen (secondary N) is 2. The van der Waals surface area contributed by atoms with Crippen LogP contribution in [0.25, 0.3) is 0 Å². The molecule has 0 aliphatic rings. The molecule has 0 spiro atoms. The van der Waals surface area contributed by atoms with E-state index in [1.807, 2.05) is 13.8 Å². The lowest BCUT2D eigenvalue weighted by Crippen LogP contribution is -2.40. The highest BCUT2D eigenvalue weighted by Crippen LogP contribution is 2.19. The number of hydrogen-bond donors (Lipinski definition) is 2. The zero-order valence-electron chi connectivity index (χ0n) is 13.2. The molecule has 5 heteroatoms. The van der Waals surface area contributed by atoms with Crippen LogP contribution in [-0.2, 0) is 11.3 Å². The Hall–Kier alpha value is -1.62. The second-order valence-corrected chi connectivity index (χ2v) is 5.36. The second kappa shape index (κ2) is 8.62. The van der Waals surface area contributed by atoms with Gasteiger partial charge in [-0.3, -0.25) is 4.79 Å². The van der Waals surface area contributed by atoms with E-state index in [1.54, 1.807) is 19.1 Å². The molecule has 1 rings (SSSR count). The highest BCUT2D eigenvalue weighted by atomic mass is 19.1. The molecular formula is C16H25FN2O2. The van der Waals surface area contributed by atoms with Gasteiger partial charge in [0.2, 0.25) is 0 Å². The maximum atomic E-state index is 14.0. The van der Waals surface area contributed by atoms with E-state index in [-0.39, 0.29) is 17.7 Å². The van der Waals surface area contributed by atoms with Crippen molar-refractivity contribution in [2.24, 2.45) is 0 Å². The lowest BCUT2D eigenvalue weighted by Gasteiger charge is -2.17. The van der Waals surface area contributed by atoms with Crippen LogP contribution in [-0.4, -0.2) is 24.6 Å². The molecule has 1 atom stereocenters. The Morgan fingerprint density at radius 2 is 2.05 bits per heavy atom. The van der Waals surface area contributed by atoms with E-state index < -0.39 is 11.9 Å². The molecule has 0 fully saturated rings. The number of hydrogen-bond acceptors (Lipinski definition) is 3. The number of benzene rings is 1. The van der Waals surface area contributed by atoms with Gasteiger partial charge in [-0.25, -0.2) is 4.39 Å². The third kappa shape index (κ3) is 6.12. The Kier molecular flexibility index (Phi) is 7.15. The Morgan fingerprint density at radius 3 is 2.62 bits per heavy atom. The number of carbonyl (C=O) groups is 1. The van der Waals surface area contributed by atoms with Crippen LogP contribution in [0.4, 0.5) is 4.39 Å². The average Bonchev–Trinajstić information content (AvgIpc) is 2.41. The molecule has 0 heterocycles. The molecule has 2 N–H and O–H groups in total. The van der Waals surface area contributed by atoms with Gasteiger partial charge in [-0.2, -0.15) is 0 Å². The average molecular weight is 296 g/mol. The topological polar surface area (TPSA) is 50.4 Å². The summed E-state index contributed by atoms with van der Waals surface area (Å²) in [6.45, 7) is 8.93. The van der Waals surface area contributed by atoms with Crippen molar-refractivity contribution in [3.63, 3.8) is 0 Å². The van der Waals surface area contributed by atoms with Gasteiger partial charge in [-0.05, 0) is 51.4 Å². The molecule has 21 heavy (non-hydrogen) atoms. The molecule has 1 unspecified atom stereocenters. The summed E-state index contributed by atoms with van der Waals surface area (Å²) in [5.74, 6) is -0.603. The van der Waals surface area contributed by atoms with Gasteiger partial charge >= 0.3 is 0 Å². The molecule has 0 aliphatic carbocycles. The van der Waals surface area contributed by atoms with E-state index >= 15 is 0 Å². The fourth-order valence-electron chi connectivity index (χ4n) is 1.81. The summed E-state index contributed by atoms with van der Waals surface area (Å²) in [6.07, 6.45) is 0.303. The number of amides is 1. The van der Waals surface area contributed by atoms with Crippen LogP contribution in [0.5, 0.6) is 5.75 Å². The summed E-state index contributed by atoms with van der Waals surface area (Å²) in [5.41, 5.74) is 0.854. The Labute approximate surface area is 126 Å². The first-order valence-corrected chi connectivity index (χ1v) is 7.40. The zero-order chi connectivity index (χ0) is 15.8. The van der Waals surface area contributed by atoms with E-state index in [9.17, 15) is 9.18 Å². The molecule has 0 bridgehead atoms. The van der Waals surface area contributed by atoms with Crippen LogP contribution in [0.3, 0.4) is 0 Å². The van der Waals surface area contributed by atoms with Crippen molar-refractivity contribution in [2.75, 3.05) is 6.54 Å². The van der Waals surface area contributed by atoms with Crippen molar-refractivity contribution in [3.8, 4) is 5.75 Å². The zero-order valence-corrected chi connectivity index (χ0v) is 13.2. The van der Waals surface area contributed by atoms with E-state index in [0.717, 1.165) is 18.5 Å². The van der Waals surface area contributed by atoms with Crippen LogP contribution >= 0.6 is 0 Å². The van der Waals surface area contributed by atoms with Gasteiger partial charge in [0, 0.05) is 12.6 Å². The molecule has 1 aromatic carbocycles. The molecule has 0 saturated heterocycles. The van der Waals surface area contributed by atoms with Gasteiger partial charge in [0.25, 0.3) is 5.91 Å². The van der Waals surface area contributed by atoms with Gasteiger partial charge in [0.15, 0.2) is 17.7 Å². The highest BCUT2D eigenvalue weighted by molar-refractivity contribution is 5.80. The Morgan fingerprint density at radius 1 is 1.33 bits per heavy atom. The number of halogens is 1. The summed E-state index contributed by atoms with van der Waals surface area (Å²) in [5, 5.41) is 5.94. The summed E-state index contributed by atoms with van der Waals surface area (Å²) in [7, 11) is 0. The summed E-state index contributed by atoms with van der Waals surface area (Å²) in [4.78, 5) is 11.7. The predicted octanol–water partition coefficient (Wildman–Crippen LogP) is 2.62. The van der Waals surface area contributed by atoms with Gasteiger partial charge in [0.05, 0.1) is 0 Å². The van der Waals surface area contributed by atoms with Crippen molar-refractivity contribution in [1.29, 1.82) is 0 Å². The SMILES string of the molecule is CCCNCc1ccc(OC(C)C(=O)NC(C)C)c(F)c1. The number of rotatable bonds is 8. The normalized spacial score (nSPS) is 12.3. The van der Waals surface area contributed by atoms with Gasteiger partial charge in [-0.1, -0.05) is 13.0 Å². The first-order chi connectivity index (χ1) is 9.93. The first-order valence-electron chi connectivity index (χ1n) is 7.40. The van der Waals surface area contributed by atoms with Gasteiger partial charge in [0.1, 0.15) is 0 Å². The molecule has 118 valence electrons. The van der Waals surface area contributed by atoms with Crippen molar-refractivity contribution < 1.29 is 13.9 Å². The molecule has 0 saturated carbocycles. The standard InChI is InChI=1S/C16H25FN2O2/c1-5-8-18-10-13-6-7-15(14(17)9-13)21-12(4)16(20)19-11(2)3/h6-7,9,11-12,18H,5,8,10H2,1-4H3,(H,19,20). The first kappa shape index (κ1) is 17.4. The minimum atomic E-state index is -0.731. The quantitative estimate of drug-likeness (QED) is 0.725. The van der Waals surface area contributed by atoms with E-state index in [4.69, 9.17) is 4.74 Å². The second-order valence-electron chi connectivity index (χ2n) is 5.36. The van der Waals surface area contributed by atoms with Crippen molar-refractivity contribution >= 4 is 5.91 Å². The summed E-state index contributed by atoms with van der Waals surface area (Å²) in [6, 6.07) is 4.83. The molecule has 1 aromatic rings. The van der Waals surface area contributed by atoms with Gasteiger partial charge < -0.3 is 15.4 Å². The monoisotopic (exact) mass is 296 g/mol. The molecule has 4 nitrogen and oxygen atoms in total. The minimum absolute atomic E-state index is 0.0282. The van der Waals surface area contributed by atoms with Gasteiger partial charge in [-0.15, -0.1) is 0 Å². The maximum absolute atomic E-state index is 14.0. The predicted molar refractivity (Wildman–Crippen MR) is 81.8 cm³/mol. The lowest BCUT2D eigenvalue weighted by atomic mass is 10.2. The van der Waals surface area contributed by atoms with Crippen molar-refractivity contribution in [2.45, 2.75) is 52.8 Å². The smallest absolute Gasteiger partial charge is 0.260 e. The number of ether oxygens (including phenoxy) is 1. The Balaban J connectivity index is 2.61. The largest absolute Gasteiger partial charge is 0.478 e. The number of carbonyl (C=O) groups excluding carboxylic acids is 1. The highest BCUT2D eigenvalue weighted by Gasteiger charge is 2.17. The third-order valence-corrected chi connectivity index (χ3v) is 2.86. The third-order valence-electron chi connectivity index (χ3n) is 2.86. The van der Waals surface area contributed by atoms with Crippen molar-refractivity contribution in [3.05, 3.63) is 29.6 Å². The van der Waals surface area contributed by atoms with Crippen LogP contribution in [0, 0.1) is 5.82 Å². The van der Waals surface area contributed by atoms with Crippen LogP contribution < -0.4 is 15.4 Å². The Bertz CT molecular complexity index is 464. The molecular weight excluding hydrogens is 271 g/mol. The van der Waals surface area contributed by atoms with Crippen LogP contribution in [0.15, 0.2) is 18.2 Å². The van der Waals surface area contributed by atoms with Crippen molar-refractivity contribution in [1.82, 2.24) is 10.6 Å². The van der Waals surface area contributed by atoms with E-state index in [0.29, 0.717) is 6.54 Å². The molecule has 0 aromatic heterocycles. The summed E-state index contributed by atoms with van der Waals surface area (Å²) >= 11 is 0. The molecule has 0 radical (unpaired) electrons. The molecule has 1 amide bonds. The lowest BCUT2D eigenvalue weighted by molar-refractivity contribution is -0.127.